The van der Waals surface area contributed by atoms with Gasteiger partial charge in [0.05, 0.1) is 0 Å². The Labute approximate surface area is 88.3 Å². The average Bonchev–Trinajstić information content (AvgIpc) is 2.21. The van der Waals surface area contributed by atoms with Crippen LogP contribution >= 0.6 is 0 Å². The maximum absolute atomic E-state index is 11.4. The highest BCUT2D eigenvalue weighted by Gasteiger charge is 2.13. The number of nitrogens with zero attached hydrogens (tertiary/aromatic N) is 2. The molecule has 0 radical (unpaired) electrons. The second-order valence-corrected chi connectivity index (χ2v) is 3.05. The Balaban J connectivity index is 2.62. The van der Waals surface area contributed by atoms with Crippen LogP contribution in [0.5, 0.6) is 0 Å². The zero-order valence-electron chi connectivity index (χ0n) is 8.82. The number of nitrogens with one attached hydrogen (secondary N) is 2. The van der Waals surface area contributed by atoms with Crippen molar-refractivity contribution in [1.29, 1.82) is 0 Å². The number of rotatable bonds is 4. The van der Waals surface area contributed by atoms with Crippen LogP contribution in [-0.2, 0) is 4.79 Å². The third-order valence-corrected chi connectivity index (χ3v) is 1.82. The number of likely N-dealkylation sites (N-methyl/N-ethyl adjacent to an activating group) is 1. The number of hydrogen-bond acceptors (Lipinski definition) is 5. The van der Waals surface area contributed by atoms with Crippen molar-refractivity contribution in [2.24, 2.45) is 0 Å². The van der Waals surface area contributed by atoms with Crippen molar-refractivity contribution in [2.75, 3.05) is 17.6 Å². The molecule has 0 aliphatic carbocycles. The van der Waals surface area contributed by atoms with Gasteiger partial charge in [-0.2, -0.15) is 0 Å². The Morgan fingerprint density at radius 2 is 2.20 bits per heavy atom. The third-order valence-electron chi connectivity index (χ3n) is 1.82. The molecule has 1 heterocycles. The summed E-state index contributed by atoms with van der Waals surface area (Å²) in [5, 5.41) is 5.58. The summed E-state index contributed by atoms with van der Waals surface area (Å²) >= 11 is 0. The fraction of sp³-hybridized carbons (Fsp3) is 0.444. The number of hydrogen-bond donors (Lipinski definition) is 3. The van der Waals surface area contributed by atoms with Crippen LogP contribution < -0.4 is 16.4 Å². The largest absolute Gasteiger partial charge is 0.381 e. The monoisotopic (exact) mass is 209 g/mol. The van der Waals surface area contributed by atoms with Crippen molar-refractivity contribution in [3.63, 3.8) is 0 Å². The Morgan fingerprint density at radius 1 is 1.53 bits per heavy atom. The number of nitrogen functional groups attached to an aromatic ring is 1. The molecular weight excluding hydrogens is 194 g/mol. The van der Waals surface area contributed by atoms with Crippen molar-refractivity contribution in [2.45, 2.75) is 19.9 Å². The van der Waals surface area contributed by atoms with Crippen molar-refractivity contribution in [3.8, 4) is 0 Å². The summed E-state index contributed by atoms with van der Waals surface area (Å²) in [5.41, 5.74) is 5.58. The maximum Gasteiger partial charge on any atom is 0.242 e. The minimum Gasteiger partial charge on any atom is -0.381 e. The topological polar surface area (TPSA) is 92.9 Å². The normalized spacial score (nSPS) is 11.9. The molecule has 6 nitrogen and oxygen atoms in total. The molecule has 82 valence electrons. The first-order chi connectivity index (χ1) is 7.15. The zero-order chi connectivity index (χ0) is 11.3. The zero-order valence-corrected chi connectivity index (χ0v) is 8.82. The summed E-state index contributed by atoms with van der Waals surface area (Å²) in [6.07, 6.45) is 3.01. The van der Waals surface area contributed by atoms with Crippen LogP contribution in [-0.4, -0.2) is 28.5 Å². The van der Waals surface area contributed by atoms with Crippen LogP contribution in [0.4, 0.5) is 11.6 Å². The molecule has 0 fully saturated rings. The molecule has 0 aliphatic heterocycles. The fourth-order valence-corrected chi connectivity index (χ4v) is 1.06. The lowest BCUT2D eigenvalue weighted by atomic mass is 10.3. The molecule has 1 atom stereocenters. The van der Waals surface area contributed by atoms with Gasteiger partial charge in [0, 0.05) is 18.9 Å². The van der Waals surface area contributed by atoms with Gasteiger partial charge in [-0.05, 0) is 13.8 Å². The van der Waals surface area contributed by atoms with Gasteiger partial charge in [-0.3, -0.25) is 4.79 Å². The van der Waals surface area contributed by atoms with E-state index in [9.17, 15) is 4.79 Å². The van der Waals surface area contributed by atoms with Gasteiger partial charge in [0.1, 0.15) is 6.04 Å². The van der Waals surface area contributed by atoms with E-state index in [1.165, 1.54) is 12.4 Å². The molecule has 0 spiro atoms. The molecule has 0 saturated heterocycles. The summed E-state index contributed by atoms with van der Waals surface area (Å²) in [5.74, 6) is 0.618. The molecule has 1 aromatic heterocycles. The Hall–Kier alpha value is -1.85. The van der Waals surface area contributed by atoms with Crippen LogP contribution in [0, 0.1) is 0 Å². The first-order valence-electron chi connectivity index (χ1n) is 4.76. The van der Waals surface area contributed by atoms with Crippen LogP contribution in [0.3, 0.4) is 0 Å². The van der Waals surface area contributed by atoms with Gasteiger partial charge in [0.15, 0.2) is 11.6 Å². The molecule has 1 rings (SSSR count). The first kappa shape index (κ1) is 11.2. The van der Waals surface area contributed by atoms with Crippen LogP contribution in [0.25, 0.3) is 0 Å². The van der Waals surface area contributed by atoms with Crippen molar-refractivity contribution in [3.05, 3.63) is 12.4 Å². The highest BCUT2D eigenvalue weighted by Crippen LogP contribution is 2.10. The molecular formula is C9H15N5O. The van der Waals surface area contributed by atoms with Crippen molar-refractivity contribution < 1.29 is 4.79 Å². The smallest absolute Gasteiger partial charge is 0.242 e. The standard InChI is InChI=1S/C9H15N5O/c1-3-11-9(15)6(2)14-8-7(10)12-4-5-13-8/h4-6H,3H2,1-2H3,(H2,10,12)(H,11,15)(H,13,14). The van der Waals surface area contributed by atoms with Gasteiger partial charge in [-0.25, -0.2) is 9.97 Å². The number of anilines is 2. The molecule has 1 aromatic rings. The second-order valence-electron chi connectivity index (χ2n) is 3.05. The quantitative estimate of drug-likeness (QED) is 0.648. The van der Waals surface area contributed by atoms with E-state index < -0.39 is 0 Å². The highest BCUT2D eigenvalue weighted by molar-refractivity contribution is 5.84. The summed E-state index contributed by atoms with van der Waals surface area (Å²) in [6.45, 7) is 4.20. The van der Waals surface area contributed by atoms with Crippen LogP contribution in [0.1, 0.15) is 13.8 Å². The van der Waals surface area contributed by atoms with E-state index in [2.05, 4.69) is 20.6 Å². The highest BCUT2D eigenvalue weighted by atomic mass is 16.2. The number of aromatic nitrogens is 2. The Kier molecular flexibility index (Phi) is 3.84. The van der Waals surface area contributed by atoms with Gasteiger partial charge >= 0.3 is 0 Å². The lowest BCUT2D eigenvalue weighted by molar-refractivity contribution is -0.121. The van der Waals surface area contributed by atoms with Gasteiger partial charge < -0.3 is 16.4 Å². The van der Waals surface area contributed by atoms with Gasteiger partial charge in [0.2, 0.25) is 5.91 Å². The van der Waals surface area contributed by atoms with E-state index in [-0.39, 0.29) is 17.8 Å². The average molecular weight is 209 g/mol. The Bertz CT molecular complexity index is 341. The van der Waals surface area contributed by atoms with Gasteiger partial charge in [0.25, 0.3) is 0 Å². The van der Waals surface area contributed by atoms with E-state index in [4.69, 9.17) is 5.73 Å². The summed E-state index contributed by atoms with van der Waals surface area (Å²) in [6, 6.07) is -0.385. The Morgan fingerprint density at radius 3 is 2.80 bits per heavy atom. The van der Waals surface area contributed by atoms with Crippen LogP contribution in [0.2, 0.25) is 0 Å². The van der Waals surface area contributed by atoms with Gasteiger partial charge in [-0.1, -0.05) is 0 Å². The molecule has 6 heteroatoms. The number of nitrogens with two attached hydrogens (primary N) is 1. The molecule has 15 heavy (non-hydrogen) atoms. The first-order valence-corrected chi connectivity index (χ1v) is 4.76. The van der Waals surface area contributed by atoms with Crippen LogP contribution in [0.15, 0.2) is 12.4 Å². The summed E-state index contributed by atoms with van der Waals surface area (Å²) in [4.78, 5) is 19.2. The molecule has 1 amide bonds. The number of carbonyl (C=O) groups is 1. The predicted molar refractivity (Wildman–Crippen MR) is 58.2 cm³/mol. The van der Waals surface area contributed by atoms with E-state index in [1.807, 2.05) is 6.92 Å². The lowest BCUT2D eigenvalue weighted by Crippen LogP contribution is -2.37. The SMILES string of the molecule is CCNC(=O)C(C)Nc1nccnc1N. The molecule has 0 aliphatic rings. The van der Waals surface area contributed by atoms with E-state index in [0.29, 0.717) is 12.4 Å². The lowest BCUT2D eigenvalue weighted by Gasteiger charge is -2.14. The van der Waals surface area contributed by atoms with Gasteiger partial charge in [-0.15, -0.1) is 0 Å². The molecule has 1 unspecified atom stereocenters. The minimum absolute atomic E-state index is 0.0949. The fourth-order valence-electron chi connectivity index (χ4n) is 1.06. The second kappa shape index (κ2) is 5.14. The predicted octanol–water partition coefficient (Wildman–Crippen LogP) is -0.00470. The van der Waals surface area contributed by atoms with E-state index in [1.54, 1.807) is 6.92 Å². The number of carbonyl (C=O) groups excluding carboxylic acids is 1. The molecule has 0 saturated carbocycles. The van der Waals surface area contributed by atoms with Crippen molar-refractivity contribution in [1.82, 2.24) is 15.3 Å². The number of amides is 1. The summed E-state index contributed by atoms with van der Waals surface area (Å²) < 4.78 is 0. The van der Waals surface area contributed by atoms with E-state index in [0.717, 1.165) is 0 Å². The third kappa shape index (κ3) is 3.08. The molecule has 0 bridgehead atoms. The minimum atomic E-state index is -0.385. The summed E-state index contributed by atoms with van der Waals surface area (Å²) in [7, 11) is 0. The van der Waals surface area contributed by atoms with Crippen molar-refractivity contribution >= 4 is 17.5 Å². The molecule has 0 aromatic carbocycles. The maximum atomic E-state index is 11.4. The van der Waals surface area contributed by atoms with E-state index >= 15 is 0 Å². The molecule has 4 N–H and O–H groups in total.